The third-order valence-corrected chi connectivity index (χ3v) is 4.89. The minimum atomic E-state index is 0.0965. The molecular weight excluding hydrogens is 308 g/mol. The van der Waals surface area contributed by atoms with E-state index in [1.165, 1.54) is 0 Å². The van der Waals surface area contributed by atoms with E-state index in [0.717, 1.165) is 52.1 Å². The van der Waals surface area contributed by atoms with E-state index in [2.05, 4.69) is 14.9 Å². The van der Waals surface area contributed by atoms with E-state index in [0.29, 0.717) is 17.7 Å². The van der Waals surface area contributed by atoms with Crippen molar-refractivity contribution in [3.63, 3.8) is 0 Å². The second-order valence-electron chi connectivity index (χ2n) is 6.61. The van der Waals surface area contributed by atoms with Crippen LogP contribution in [0.4, 0.5) is 5.95 Å². The van der Waals surface area contributed by atoms with Gasteiger partial charge in [-0.2, -0.15) is 4.98 Å². The van der Waals surface area contributed by atoms with Gasteiger partial charge in [-0.1, -0.05) is 0 Å². The fraction of sp³-hybridized carbons (Fsp3) is 0.706. The van der Waals surface area contributed by atoms with Crippen LogP contribution in [-0.4, -0.2) is 67.8 Å². The van der Waals surface area contributed by atoms with Gasteiger partial charge in [-0.3, -0.25) is 4.79 Å². The standard InChI is InChI=1S/C17H26N4O3/c1-20(11-13-6-10-24-12-13)16(22)14-4-8-21(9-5-14)17-18-7-3-15(19-17)23-2/h3,7,13-14H,4-6,8-12H2,1-2H3/t13-/m1/s1. The zero-order chi connectivity index (χ0) is 16.9. The van der Waals surface area contributed by atoms with Crippen LogP contribution in [0, 0.1) is 11.8 Å². The Bertz CT molecular complexity index is 555. The van der Waals surface area contributed by atoms with Crippen molar-refractivity contribution in [1.82, 2.24) is 14.9 Å². The number of aromatic nitrogens is 2. The fourth-order valence-corrected chi connectivity index (χ4v) is 3.44. The quantitative estimate of drug-likeness (QED) is 0.806. The molecule has 2 aliphatic rings. The average molecular weight is 334 g/mol. The lowest BCUT2D eigenvalue weighted by Crippen LogP contribution is -2.43. The summed E-state index contributed by atoms with van der Waals surface area (Å²) in [6, 6.07) is 1.74. The molecule has 2 saturated heterocycles. The molecule has 2 fully saturated rings. The molecule has 3 rings (SSSR count). The van der Waals surface area contributed by atoms with E-state index in [-0.39, 0.29) is 11.8 Å². The summed E-state index contributed by atoms with van der Waals surface area (Å²) in [6.45, 7) is 4.00. The Labute approximate surface area is 143 Å². The third kappa shape index (κ3) is 3.95. The van der Waals surface area contributed by atoms with Crippen LogP contribution in [0.2, 0.25) is 0 Å². The number of hydrogen-bond acceptors (Lipinski definition) is 6. The predicted octanol–water partition coefficient (Wildman–Crippen LogP) is 1.20. The number of methoxy groups -OCH3 is 1. The van der Waals surface area contributed by atoms with Crippen molar-refractivity contribution in [1.29, 1.82) is 0 Å². The Kier molecular flexibility index (Phi) is 5.50. The minimum absolute atomic E-state index is 0.0965. The number of amides is 1. The highest BCUT2D eigenvalue weighted by molar-refractivity contribution is 5.78. The van der Waals surface area contributed by atoms with E-state index >= 15 is 0 Å². The van der Waals surface area contributed by atoms with Crippen molar-refractivity contribution in [3.8, 4) is 5.88 Å². The number of anilines is 1. The fourth-order valence-electron chi connectivity index (χ4n) is 3.44. The van der Waals surface area contributed by atoms with Gasteiger partial charge in [0.15, 0.2) is 0 Å². The van der Waals surface area contributed by atoms with E-state index in [1.807, 2.05) is 11.9 Å². The molecule has 0 aromatic carbocycles. The predicted molar refractivity (Wildman–Crippen MR) is 90.1 cm³/mol. The van der Waals surface area contributed by atoms with Crippen LogP contribution in [0.15, 0.2) is 12.3 Å². The Morgan fingerprint density at radius 1 is 1.42 bits per heavy atom. The second-order valence-corrected chi connectivity index (χ2v) is 6.61. The van der Waals surface area contributed by atoms with Crippen LogP contribution < -0.4 is 9.64 Å². The summed E-state index contributed by atoms with van der Waals surface area (Å²) < 4.78 is 10.5. The molecule has 24 heavy (non-hydrogen) atoms. The first kappa shape index (κ1) is 17.0. The zero-order valence-electron chi connectivity index (χ0n) is 14.5. The van der Waals surface area contributed by atoms with E-state index in [9.17, 15) is 4.79 Å². The van der Waals surface area contributed by atoms with Gasteiger partial charge in [-0.15, -0.1) is 0 Å². The summed E-state index contributed by atoms with van der Waals surface area (Å²) in [6.07, 6.45) is 4.44. The molecule has 0 aliphatic carbocycles. The highest BCUT2D eigenvalue weighted by Gasteiger charge is 2.29. The van der Waals surface area contributed by atoms with E-state index < -0.39 is 0 Å². The Morgan fingerprint density at radius 3 is 2.88 bits per heavy atom. The van der Waals surface area contributed by atoms with Gasteiger partial charge in [-0.05, 0) is 19.3 Å². The topological polar surface area (TPSA) is 67.8 Å². The summed E-state index contributed by atoms with van der Waals surface area (Å²) in [7, 11) is 3.51. The number of hydrogen-bond donors (Lipinski definition) is 0. The zero-order valence-corrected chi connectivity index (χ0v) is 14.5. The summed E-state index contributed by atoms with van der Waals surface area (Å²) in [4.78, 5) is 25.3. The Morgan fingerprint density at radius 2 is 2.21 bits per heavy atom. The van der Waals surface area contributed by atoms with Gasteiger partial charge in [0.25, 0.3) is 0 Å². The Hall–Kier alpha value is -1.89. The first-order valence-electron chi connectivity index (χ1n) is 8.62. The number of piperidine rings is 1. The average Bonchev–Trinajstić information content (AvgIpc) is 3.14. The molecule has 132 valence electrons. The maximum atomic E-state index is 12.6. The molecule has 0 bridgehead atoms. The van der Waals surface area contributed by atoms with Gasteiger partial charge >= 0.3 is 0 Å². The molecule has 2 aliphatic heterocycles. The SMILES string of the molecule is COc1ccnc(N2CCC(C(=O)N(C)C[C@H]3CCOC3)CC2)n1. The summed E-state index contributed by atoms with van der Waals surface area (Å²) in [5.41, 5.74) is 0. The summed E-state index contributed by atoms with van der Waals surface area (Å²) >= 11 is 0. The van der Waals surface area contributed by atoms with Gasteiger partial charge in [0.2, 0.25) is 17.7 Å². The normalized spacial score (nSPS) is 21.8. The van der Waals surface area contributed by atoms with Crippen LogP contribution in [0.25, 0.3) is 0 Å². The highest BCUT2D eigenvalue weighted by atomic mass is 16.5. The number of nitrogens with zero attached hydrogens (tertiary/aromatic N) is 4. The molecule has 1 atom stereocenters. The maximum absolute atomic E-state index is 12.6. The van der Waals surface area contributed by atoms with Gasteiger partial charge in [0.05, 0.1) is 13.7 Å². The van der Waals surface area contributed by atoms with Gasteiger partial charge in [0, 0.05) is 57.4 Å². The first-order valence-corrected chi connectivity index (χ1v) is 8.62. The second kappa shape index (κ2) is 7.79. The highest BCUT2D eigenvalue weighted by Crippen LogP contribution is 2.24. The van der Waals surface area contributed by atoms with Crippen molar-refractivity contribution in [2.45, 2.75) is 19.3 Å². The first-order chi connectivity index (χ1) is 11.7. The molecule has 0 radical (unpaired) electrons. The lowest BCUT2D eigenvalue weighted by molar-refractivity contribution is -0.135. The molecule has 7 heteroatoms. The number of ether oxygens (including phenoxy) is 2. The van der Waals surface area contributed by atoms with E-state index in [1.54, 1.807) is 19.4 Å². The van der Waals surface area contributed by atoms with Crippen molar-refractivity contribution in [2.24, 2.45) is 11.8 Å². The van der Waals surface area contributed by atoms with Crippen LogP contribution >= 0.6 is 0 Å². The number of rotatable bonds is 5. The molecule has 0 N–H and O–H groups in total. The lowest BCUT2D eigenvalue weighted by atomic mass is 9.95. The number of carbonyl (C=O) groups is 1. The molecular formula is C17H26N4O3. The van der Waals surface area contributed by atoms with Crippen LogP contribution in [0.3, 0.4) is 0 Å². The third-order valence-electron chi connectivity index (χ3n) is 4.89. The molecule has 1 amide bonds. The monoisotopic (exact) mass is 334 g/mol. The molecule has 1 aromatic rings. The van der Waals surface area contributed by atoms with Crippen molar-refractivity contribution in [3.05, 3.63) is 12.3 Å². The van der Waals surface area contributed by atoms with E-state index in [4.69, 9.17) is 9.47 Å². The van der Waals surface area contributed by atoms with Crippen LogP contribution in [0.1, 0.15) is 19.3 Å². The molecule has 0 unspecified atom stereocenters. The molecule has 3 heterocycles. The smallest absolute Gasteiger partial charge is 0.228 e. The van der Waals surface area contributed by atoms with Gasteiger partial charge < -0.3 is 19.3 Å². The molecule has 1 aromatic heterocycles. The largest absolute Gasteiger partial charge is 0.481 e. The summed E-state index contributed by atoms with van der Waals surface area (Å²) in [5.74, 6) is 2.09. The van der Waals surface area contributed by atoms with Crippen molar-refractivity contribution < 1.29 is 14.3 Å². The van der Waals surface area contributed by atoms with Crippen molar-refractivity contribution in [2.75, 3.05) is 51.9 Å². The van der Waals surface area contributed by atoms with Crippen LogP contribution in [-0.2, 0) is 9.53 Å². The molecule has 0 saturated carbocycles. The minimum Gasteiger partial charge on any atom is -0.481 e. The van der Waals surface area contributed by atoms with Gasteiger partial charge in [0.1, 0.15) is 0 Å². The lowest BCUT2D eigenvalue weighted by Gasteiger charge is -2.33. The molecule has 0 spiro atoms. The van der Waals surface area contributed by atoms with Crippen molar-refractivity contribution >= 4 is 11.9 Å². The molecule has 7 nitrogen and oxygen atoms in total. The van der Waals surface area contributed by atoms with Gasteiger partial charge in [-0.25, -0.2) is 4.98 Å². The number of carbonyl (C=O) groups excluding carboxylic acids is 1. The summed E-state index contributed by atoms with van der Waals surface area (Å²) in [5, 5.41) is 0. The maximum Gasteiger partial charge on any atom is 0.228 e. The Balaban J connectivity index is 1.51. The van der Waals surface area contributed by atoms with Crippen LogP contribution in [0.5, 0.6) is 5.88 Å².